The Morgan fingerprint density at radius 1 is 0.959 bits per heavy atom. The fourth-order valence-electron chi connectivity index (χ4n) is 6.04. The van der Waals surface area contributed by atoms with Gasteiger partial charge in [0.25, 0.3) is 5.91 Å². The zero-order valence-corrected chi connectivity index (χ0v) is 28.2. The van der Waals surface area contributed by atoms with Gasteiger partial charge < -0.3 is 25.2 Å². The van der Waals surface area contributed by atoms with Crippen LogP contribution in [0.2, 0.25) is 0 Å². The first-order valence-corrected chi connectivity index (χ1v) is 16.2. The maximum Gasteiger partial charge on any atom is 0.416 e. The smallest absolute Gasteiger partial charge is 0.416 e. The molecule has 6 rings (SSSR count). The third kappa shape index (κ3) is 7.46. The van der Waals surface area contributed by atoms with Gasteiger partial charge in [-0.25, -0.2) is 9.97 Å². The van der Waals surface area contributed by atoms with Gasteiger partial charge >= 0.3 is 6.18 Å². The van der Waals surface area contributed by atoms with Crippen LogP contribution in [0.25, 0.3) is 22.0 Å². The van der Waals surface area contributed by atoms with Crippen molar-refractivity contribution < 1.29 is 22.7 Å². The Balaban J connectivity index is 1.27. The lowest BCUT2D eigenvalue weighted by molar-refractivity contribution is -0.137. The van der Waals surface area contributed by atoms with E-state index in [4.69, 9.17) is 9.72 Å². The predicted molar refractivity (Wildman–Crippen MR) is 189 cm³/mol. The quantitative estimate of drug-likeness (QED) is 0.172. The summed E-state index contributed by atoms with van der Waals surface area (Å²) in [6.45, 7) is 10.1. The van der Waals surface area contributed by atoms with Crippen molar-refractivity contribution in [3.8, 4) is 16.9 Å². The van der Waals surface area contributed by atoms with E-state index < -0.39 is 17.6 Å². The Hall–Kier alpha value is -5.16. The minimum absolute atomic E-state index is 0.0742. The van der Waals surface area contributed by atoms with Crippen LogP contribution in [0.3, 0.4) is 0 Å². The monoisotopic (exact) mass is 668 g/mol. The molecule has 1 aromatic heterocycles. The summed E-state index contributed by atoms with van der Waals surface area (Å²) >= 11 is 0. The van der Waals surface area contributed by atoms with Gasteiger partial charge in [0, 0.05) is 60.8 Å². The largest absolute Gasteiger partial charge is 0.494 e. The number of rotatable bonds is 8. The number of aryl methyl sites for hydroxylation is 1. The number of carbonyl (C=O) groups is 1. The minimum atomic E-state index is -4.54. The van der Waals surface area contributed by atoms with E-state index in [0.29, 0.717) is 17.4 Å². The minimum Gasteiger partial charge on any atom is -0.494 e. The van der Waals surface area contributed by atoms with Crippen LogP contribution in [0.1, 0.15) is 46.8 Å². The van der Waals surface area contributed by atoms with Gasteiger partial charge in [0.15, 0.2) is 0 Å². The summed E-state index contributed by atoms with van der Waals surface area (Å²) in [6, 6.07) is 20.1. The number of hydrogen-bond acceptors (Lipinski definition) is 7. The molecular formula is C38H39F3N6O2. The Morgan fingerprint density at radius 2 is 1.73 bits per heavy atom. The van der Waals surface area contributed by atoms with Crippen LogP contribution in [-0.2, 0) is 6.18 Å². The molecule has 254 valence electrons. The second-order valence-electron chi connectivity index (χ2n) is 12.7. The molecule has 1 amide bonds. The number of likely N-dealkylation sites (N-methyl/N-ethyl adjacent to an activating group) is 1. The molecule has 1 fully saturated rings. The molecular weight excluding hydrogens is 629 g/mol. The summed E-state index contributed by atoms with van der Waals surface area (Å²) in [6.07, 6.45) is -2.75. The molecule has 11 heteroatoms. The standard InChI is InChI=1S/C38H39F3N6O2/c1-23(2)31-19-26(32-20-29(10-9-24(32)3)43-36(48)25-7-6-8-28(18-25)38(39,40)41)17-27-22-42-37(45-35(27)31)44-33-12-11-30(21-34(33)49-5)47-15-13-46(4)14-16-47/h6-12,17-23H,13-16H2,1-5H3,(H,43,48)(H,42,44,45). The van der Waals surface area contributed by atoms with Crippen molar-refractivity contribution in [2.24, 2.45) is 0 Å². The maximum absolute atomic E-state index is 13.2. The number of benzene rings is 4. The van der Waals surface area contributed by atoms with Gasteiger partial charge in [-0.15, -0.1) is 0 Å². The van der Waals surface area contributed by atoms with Gasteiger partial charge in [0.05, 0.1) is 23.9 Å². The van der Waals surface area contributed by atoms with Gasteiger partial charge in [0.1, 0.15) is 5.75 Å². The zero-order valence-electron chi connectivity index (χ0n) is 28.2. The third-order valence-electron chi connectivity index (χ3n) is 8.89. The number of carbonyl (C=O) groups excluding carboxylic acids is 1. The van der Waals surface area contributed by atoms with Crippen molar-refractivity contribution >= 4 is 39.8 Å². The molecule has 0 spiro atoms. The molecule has 5 aromatic rings. The number of amides is 1. The fraction of sp³-hybridized carbons (Fsp3) is 0.289. The molecule has 0 unspecified atom stereocenters. The first kappa shape index (κ1) is 33.7. The van der Waals surface area contributed by atoms with E-state index in [1.807, 2.05) is 37.3 Å². The van der Waals surface area contributed by atoms with E-state index in [-0.39, 0.29) is 11.5 Å². The Kier molecular flexibility index (Phi) is 9.47. The van der Waals surface area contributed by atoms with Crippen LogP contribution in [0.4, 0.5) is 36.2 Å². The van der Waals surface area contributed by atoms with Crippen molar-refractivity contribution in [1.82, 2.24) is 14.9 Å². The van der Waals surface area contributed by atoms with E-state index in [0.717, 1.165) is 82.8 Å². The summed E-state index contributed by atoms with van der Waals surface area (Å²) in [5.41, 5.74) is 5.99. The summed E-state index contributed by atoms with van der Waals surface area (Å²) < 4.78 is 45.4. The molecule has 8 nitrogen and oxygen atoms in total. The van der Waals surface area contributed by atoms with Crippen molar-refractivity contribution in [2.45, 2.75) is 32.9 Å². The molecule has 49 heavy (non-hydrogen) atoms. The average molecular weight is 669 g/mol. The molecule has 1 aliphatic heterocycles. The molecule has 0 aliphatic carbocycles. The van der Waals surface area contributed by atoms with Gasteiger partial charge in [-0.3, -0.25) is 4.79 Å². The van der Waals surface area contributed by atoms with Gasteiger partial charge in [-0.2, -0.15) is 13.2 Å². The highest BCUT2D eigenvalue weighted by Gasteiger charge is 2.31. The van der Waals surface area contributed by atoms with E-state index >= 15 is 0 Å². The van der Waals surface area contributed by atoms with Gasteiger partial charge in [0.2, 0.25) is 5.95 Å². The molecule has 0 bridgehead atoms. The summed E-state index contributed by atoms with van der Waals surface area (Å²) in [5.74, 6) is 0.659. The lowest BCUT2D eigenvalue weighted by Gasteiger charge is -2.34. The first-order valence-electron chi connectivity index (χ1n) is 16.2. The van der Waals surface area contributed by atoms with Crippen LogP contribution >= 0.6 is 0 Å². The number of nitrogens with one attached hydrogen (secondary N) is 2. The summed E-state index contributed by atoms with van der Waals surface area (Å²) in [7, 11) is 3.79. The van der Waals surface area contributed by atoms with E-state index in [1.54, 1.807) is 19.4 Å². The average Bonchev–Trinajstić information content (AvgIpc) is 3.08. The fourth-order valence-corrected chi connectivity index (χ4v) is 6.04. The van der Waals surface area contributed by atoms with E-state index in [1.165, 1.54) is 12.1 Å². The molecule has 0 radical (unpaired) electrons. The summed E-state index contributed by atoms with van der Waals surface area (Å²) in [5, 5.41) is 6.96. The Bertz CT molecular complexity index is 2000. The number of ether oxygens (including phenoxy) is 1. The number of fused-ring (bicyclic) bond motifs is 1. The topological polar surface area (TPSA) is 82.6 Å². The van der Waals surface area contributed by atoms with Crippen LogP contribution in [0.5, 0.6) is 5.75 Å². The Labute approximate surface area is 283 Å². The third-order valence-corrected chi connectivity index (χ3v) is 8.89. The molecule has 2 heterocycles. The lowest BCUT2D eigenvalue weighted by atomic mass is 9.92. The molecule has 2 N–H and O–H groups in total. The van der Waals surface area contributed by atoms with Crippen molar-refractivity contribution in [2.75, 3.05) is 55.9 Å². The summed E-state index contributed by atoms with van der Waals surface area (Å²) in [4.78, 5) is 27.2. The van der Waals surface area contributed by atoms with Crippen molar-refractivity contribution in [3.05, 3.63) is 101 Å². The molecule has 4 aromatic carbocycles. The second kappa shape index (κ2) is 13.8. The van der Waals surface area contributed by atoms with Crippen LogP contribution in [0, 0.1) is 6.92 Å². The first-order chi connectivity index (χ1) is 23.4. The normalized spacial score (nSPS) is 13.9. The number of hydrogen-bond donors (Lipinski definition) is 2. The number of halogens is 3. The molecule has 1 saturated heterocycles. The number of aromatic nitrogens is 2. The lowest BCUT2D eigenvalue weighted by Crippen LogP contribution is -2.44. The number of anilines is 4. The highest BCUT2D eigenvalue weighted by Crippen LogP contribution is 2.36. The number of piperazine rings is 1. The highest BCUT2D eigenvalue weighted by atomic mass is 19.4. The SMILES string of the molecule is COc1cc(N2CCN(C)CC2)ccc1Nc1ncc2cc(-c3cc(NC(=O)c4cccc(C(F)(F)F)c4)ccc3C)cc(C(C)C)c2n1. The maximum atomic E-state index is 13.2. The van der Waals surface area contributed by atoms with Crippen LogP contribution < -0.4 is 20.3 Å². The van der Waals surface area contributed by atoms with Crippen molar-refractivity contribution in [3.63, 3.8) is 0 Å². The van der Waals surface area contributed by atoms with E-state index in [2.05, 4.69) is 58.4 Å². The second-order valence-corrected chi connectivity index (χ2v) is 12.7. The predicted octanol–water partition coefficient (Wildman–Crippen LogP) is 8.50. The van der Waals surface area contributed by atoms with Crippen molar-refractivity contribution in [1.29, 1.82) is 0 Å². The molecule has 0 saturated carbocycles. The number of alkyl halides is 3. The van der Waals surface area contributed by atoms with Crippen LogP contribution in [-0.4, -0.2) is 61.1 Å². The number of methoxy groups -OCH3 is 1. The zero-order chi connectivity index (χ0) is 34.9. The highest BCUT2D eigenvalue weighted by molar-refractivity contribution is 6.04. The number of nitrogens with zero attached hydrogens (tertiary/aromatic N) is 4. The molecule has 0 atom stereocenters. The van der Waals surface area contributed by atoms with Gasteiger partial charge in [-0.05, 0) is 96.7 Å². The van der Waals surface area contributed by atoms with E-state index in [9.17, 15) is 18.0 Å². The van der Waals surface area contributed by atoms with Crippen LogP contribution in [0.15, 0.2) is 79.0 Å². The van der Waals surface area contributed by atoms with Gasteiger partial charge in [-0.1, -0.05) is 26.0 Å². The Morgan fingerprint density at radius 3 is 2.45 bits per heavy atom. The molecule has 1 aliphatic rings.